The molecule has 1 atom stereocenters. The SMILES string of the molecule is COc1ccc(C)cc1C(Br)Cc1ccc(Cl)cc1. The Hall–Kier alpha value is -0.990. The third kappa shape index (κ3) is 3.74. The van der Waals surface area contributed by atoms with E-state index in [9.17, 15) is 0 Å². The number of alkyl halides is 1. The summed E-state index contributed by atoms with van der Waals surface area (Å²) in [5, 5.41) is 0.767. The highest BCUT2D eigenvalue weighted by Gasteiger charge is 2.14. The zero-order valence-electron chi connectivity index (χ0n) is 11.0. The van der Waals surface area contributed by atoms with Gasteiger partial charge >= 0.3 is 0 Å². The topological polar surface area (TPSA) is 9.23 Å². The molecule has 0 aliphatic carbocycles. The Labute approximate surface area is 127 Å². The summed E-state index contributed by atoms with van der Waals surface area (Å²) in [6.07, 6.45) is 0.900. The Morgan fingerprint density at radius 3 is 2.47 bits per heavy atom. The third-order valence-corrected chi connectivity index (χ3v) is 4.12. The van der Waals surface area contributed by atoms with Crippen LogP contribution in [0.4, 0.5) is 0 Å². The highest BCUT2D eigenvalue weighted by Crippen LogP contribution is 2.34. The predicted octanol–water partition coefficient (Wildman–Crippen LogP) is 5.34. The van der Waals surface area contributed by atoms with Gasteiger partial charge in [0.15, 0.2) is 0 Å². The maximum Gasteiger partial charge on any atom is 0.123 e. The quantitative estimate of drug-likeness (QED) is 0.684. The van der Waals surface area contributed by atoms with Crippen molar-refractivity contribution in [3.05, 3.63) is 64.2 Å². The zero-order chi connectivity index (χ0) is 13.8. The van der Waals surface area contributed by atoms with Crippen molar-refractivity contribution in [3.63, 3.8) is 0 Å². The molecule has 0 N–H and O–H groups in total. The van der Waals surface area contributed by atoms with Crippen molar-refractivity contribution in [3.8, 4) is 5.75 Å². The molecule has 0 spiro atoms. The van der Waals surface area contributed by atoms with Gasteiger partial charge in [-0.3, -0.25) is 0 Å². The van der Waals surface area contributed by atoms with Crippen LogP contribution in [0.15, 0.2) is 42.5 Å². The first-order valence-corrected chi connectivity index (χ1v) is 7.42. The minimum absolute atomic E-state index is 0.225. The molecule has 0 aromatic heterocycles. The molecule has 0 amide bonds. The van der Waals surface area contributed by atoms with E-state index in [-0.39, 0.29) is 4.83 Å². The Kier molecular flexibility index (Phi) is 4.89. The number of methoxy groups -OCH3 is 1. The normalized spacial score (nSPS) is 12.2. The van der Waals surface area contributed by atoms with E-state index in [0.717, 1.165) is 17.2 Å². The lowest BCUT2D eigenvalue weighted by Gasteiger charge is -2.15. The Balaban J connectivity index is 2.21. The van der Waals surface area contributed by atoms with E-state index in [1.54, 1.807) is 7.11 Å². The average molecular weight is 340 g/mol. The summed E-state index contributed by atoms with van der Waals surface area (Å²) in [4.78, 5) is 0.225. The molecular weight excluding hydrogens is 324 g/mol. The molecule has 0 bridgehead atoms. The molecule has 2 aromatic rings. The number of benzene rings is 2. The van der Waals surface area contributed by atoms with Crippen LogP contribution in [0.1, 0.15) is 21.5 Å². The highest BCUT2D eigenvalue weighted by molar-refractivity contribution is 9.09. The summed E-state index contributed by atoms with van der Waals surface area (Å²) < 4.78 is 5.43. The molecule has 0 aliphatic heterocycles. The lowest BCUT2D eigenvalue weighted by atomic mass is 10.0. The average Bonchev–Trinajstić information content (AvgIpc) is 2.41. The lowest BCUT2D eigenvalue weighted by Crippen LogP contribution is -1.99. The van der Waals surface area contributed by atoms with E-state index in [1.165, 1.54) is 16.7 Å². The maximum atomic E-state index is 5.90. The van der Waals surface area contributed by atoms with Crippen LogP contribution in [0.25, 0.3) is 0 Å². The molecule has 2 aromatic carbocycles. The smallest absolute Gasteiger partial charge is 0.123 e. The molecule has 1 nitrogen and oxygen atoms in total. The van der Waals surface area contributed by atoms with Gasteiger partial charge in [0.25, 0.3) is 0 Å². The lowest BCUT2D eigenvalue weighted by molar-refractivity contribution is 0.409. The first-order valence-electron chi connectivity index (χ1n) is 6.13. The van der Waals surface area contributed by atoms with Gasteiger partial charge in [0, 0.05) is 15.4 Å². The van der Waals surface area contributed by atoms with Crippen LogP contribution in [0, 0.1) is 6.92 Å². The van der Waals surface area contributed by atoms with Crippen LogP contribution < -0.4 is 4.74 Å². The number of aryl methyl sites for hydroxylation is 1. The number of ether oxygens (including phenoxy) is 1. The van der Waals surface area contributed by atoms with Crippen molar-refractivity contribution in [1.29, 1.82) is 0 Å². The molecule has 3 heteroatoms. The van der Waals surface area contributed by atoms with Crippen molar-refractivity contribution in [2.75, 3.05) is 7.11 Å². The van der Waals surface area contributed by atoms with E-state index in [1.807, 2.05) is 18.2 Å². The molecular formula is C16H16BrClO. The number of rotatable bonds is 4. The fourth-order valence-electron chi connectivity index (χ4n) is 2.04. The molecule has 1 unspecified atom stereocenters. The van der Waals surface area contributed by atoms with Crippen LogP contribution in [0.3, 0.4) is 0 Å². The Morgan fingerprint density at radius 2 is 1.84 bits per heavy atom. The van der Waals surface area contributed by atoms with Crippen LogP contribution in [-0.4, -0.2) is 7.11 Å². The molecule has 0 saturated heterocycles. The molecule has 0 fully saturated rings. The number of hydrogen-bond acceptors (Lipinski definition) is 1. The number of hydrogen-bond donors (Lipinski definition) is 0. The minimum Gasteiger partial charge on any atom is -0.496 e. The molecule has 0 radical (unpaired) electrons. The van der Waals surface area contributed by atoms with Crippen LogP contribution in [-0.2, 0) is 6.42 Å². The van der Waals surface area contributed by atoms with Crippen LogP contribution in [0.2, 0.25) is 5.02 Å². The Bertz CT molecular complexity index is 551. The summed E-state index contributed by atoms with van der Waals surface area (Å²) in [5.41, 5.74) is 3.66. The van der Waals surface area contributed by atoms with Crippen LogP contribution in [0.5, 0.6) is 5.75 Å². The van der Waals surface area contributed by atoms with Gasteiger partial charge in [-0.1, -0.05) is 57.4 Å². The molecule has 0 heterocycles. The van der Waals surface area contributed by atoms with Gasteiger partial charge in [-0.15, -0.1) is 0 Å². The van der Waals surface area contributed by atoms with Crippen molar-refractivity contribution < 1.29 is 4.74 Å². The summed E-state index contributed by atoms with van der Waals surface area (Å²) in [5.74, 6) is 0.918. The molecule has 2 rings (SSSR count). The van der Waals surface area contributed by atoms with Gasteiger partial charge in [0.2, 0.25) is 0 Å². The summed E-state index contributed by atoms with van der Waals surface area (Å²) in [6.45, 7) is 2.09. The molecule has 0 saturated carbocycles. The largest absolute Gasteiger partial charge is 0.496 e. The first kappa shape index (κ1) is 14.4. The van der Waals surface area contributed by atoms with E-state index < -0.39 is 0 Å². The Morgan fingerprint density at radius 1 is 1.16 bits per heavy atom. The summed E-state index contributed by atoms with van der Waals surface area (Å²) in [7, 11) is 1.70. The predicted molar refractivity (Wildman–Crippen MR) is 84.6 cm³/mol. The van der Waals surface area contributed by atoms with Gasteiger partial charge in [0.1, 0.15) is 5.75 Å². The fraction of sp³-hybridized carbons (Fsp3) is 0.250. The third-order valence-electron chi connectivity index (χ3n) is 3.05. The molecule has 0 aliphatic rings. The van der Waals surface area contributed by atoms with Gasteiger partial charge < -0.3 is 4.74 Å². The van der Waals surface area contributed by atoms with Gasteiger partial charge in [-0.2, -0.15) is 0 Å². The summed E-state index contributed by atoms with van der Waals surface area (Å²) >= 11 is 9.66. The van der Waals surface area contributed by atoms with Gasteiger partial charge in [-0.05, 0) is 37.1 Å². The maximum absolute atomic E-state index is 5.90. The minimum atomic E-state index is 0.225. The van der Waals surface area contributed by atoms with Crippen molar-refractivity contribution in [2.24, 2.45) is 0 Å². The fourth-order valence-corrected chi connectivity index (χ4v) is 2.89. The van der Waals surface area contributed by atoms with E-state index in [0.29, 0.717) is 0 Å². The van der Waals surface area contributed by atoms with E-state index >= 15 is 0 Å². The second-order valence-electron chi connectivity index (χ2n) is 4.54. The monoisotopic (exact) mass is 338 g/mol. The zero-order valence-corrected chi connectivity index (χ0v) is 13.3. The van der Waals surface area contributed by atoms with E-state index in [2.05, 4.69) is 47.1 Å². The second kappa shape index (κ2) is 6.44. The van der Waals surface area contributed by atoms with Crippen molar-refractivity contribution in [1.82, 2.24) is 0 Å². The molecule has 100 valence electrons. The first-order chi connectivity index (χ1) is 9.10. The van der Waals surface area contributed by atoms with E-state index in [4.69, 9.17) is 16.3 Å². The molecule has 19 heavy (non-hydrogen) atoms. The van der Waals surface area contributed by atoms with Crippen LogP contribution >= 0.6 is 27.5 Å². The highest BCUT2D eigenvalue weighted by atomic mass is 79.9. The summed E-state index contributed by atoms with van der Waals surface area (Å²) in [6, 6.07) is 14.2. The number of halogens is 2. The van der Waals surface area contributed by atoms with Gasteiger partial charge in [0.05, 0.1) is 7.11 Å². The van der Waals surface area contributed by atoms with Gasteiger partial charge in [-0.25, -0.2) is 0 Å². The standard InChI is InChI=1S/C16H16BrClO/c1-11-3-8-16(19-2)14(9-11)15(17)10-12-4-6-13(18)7-5-12/h3-9,15H,10H2,1-2H3. The second-order valence-corrected chi connectivity index (χ2v) is 6.09. The van der Waals surface area contributed by atoms with Crippen molar-refractivity contribution in [2.45, 2.75) is 18.2 Å². The van der Waals surface area contributed by atoms with Crippen molar-refractivity contribution >= 4 is 27.5 Å².